The van der Waals surface area contributed by atoms with Gasteiger partial charge in [0.25, 0.3) is 0 Å². The molecule has 0 unspecified atom stereocenters. The summed E-state index contributed by atoms with van der Waals surface area (Å²) < 4.78 is 0. The van der Waals surface area contributed by atoms with Gasteiger partial charge in [-0.3, -0.25) is 0 Å². The van der Waals surface area contributed by atoms with E-state index in [-0.39, 0.29) is 0 Å². The van der Waals surface area contributed by atoms with Gasteiger partial charge in [0.1, 0.15) is 5.75 Å². The molecule has 0 fully saturated rings. The molecule has 0 aliphatic heterocycles. The summed E-state index contributed by atoms with van der Waals surface area (Å²) in [5, 5.41) is 9.67. The van der Waals surface area contributed by atoms with Gasteiger partial charge >= 0.3 is 0 Å². The average molecular weight is 192 g/mol. The molecule has 0 spiro atoms. The molecule has 14 heavy (non-hydrogen) atoms. The monoisotopic (exact) mass is 192 g/mol. The zero-order chi connectivity index (χ0) is 10.7. The summed E-state index contributed by atoms with van der Waals surface area (Å²) in [6.07, 6.45) is 0.951. The van der Waals surface area contributed by atoms with E-state index in [2.05, 4.69) is 33.8 Å². The van der Waals surface area contributed by atoms with Crippen LogP contribution < -0.4 is 0 Å². The van der Waals surface area contributed by atoms with Crippen LogP contribution in [0.3, 0.4) is 0 Å². The molecule has 1 aromatic carbocycles. The molecule has 1 N–H and O–H groups in total. The topological polar surface area (TPSA) is 20.2 Å². The summed E-state index contributed by atoms with van der Waals surface area (Å²) in [6, 6.07) is 5.94. The maximum Gasteiger partial charge on any atom is 0.118 e. The molecule has 0 saturated carbocycles. The van der Waals surface area contributed by atoms with E-state index in [4.69, 9.17) is 0 Å². The van der Waals surface area contributed by atoms with Crippen molar-refractivity contribution in [3.63, 3.8) is 0 Å². The fraction of sp³-hybridized carbons (Fsp3) is 0.538. The zero-order valence-electron chi connectivity index (χ0n) is 9.54. The minimum absolute atomic E-state index is 0.433. The number of hydrogen-bond acceptors (Lipinski definition) is 1. The number of benzene rings is 1. The summed E-state index contributed by atoms with van der Waals surface area (Å²) in [5.41, 5.74) is 2.38. The largest absolute Gasteiger partial charge is 0.508 e. The quantitative estimate of drug-likeness (QED) is 0.774. The first kappa shape index (κ1) is 11.1. The summed E-state index contributed by atoms with van der Waals surface area (Å²) in [6.45, 7) is 8.68. The molecule has 1 rings (SSSR count). The summed E-state index contributed by atoms with van der Waals surface area (Å²) in [5.74, 6) is 1.55. The maximum atomic E-state index is 9.67. The Hall–Kier alpha value is -0.980. The third kappa shape index (κ3) is 2.76. The van der Waals surface area contributed by atoms with E-state index < -0.39 is 0 Å². The fourth-order valence-corrected chi connectivity index (χ4v) is 1.57. The van der Waals surface area contributed by atoms with Crippen molar-refractivity contribution in [1.82, 2.24) is 0 Å². The second kappa shape index (κ2) is 4.50. The Bertz CT molecular complexity index is 300. The highest BCUT2D eigenvalue weighted by Crippen LogP contribution is 2.25. The van der Waals surface area contributed by atoms with Crippen LogP contribution in [-0.4, -0.2) is 5.11 Å². The Morgan fingerprint density at radius 2 is 1.79 bits per heavy atom. The lowest BCUT2D eigenvalue weighted by Crippen LogP contribution is -1.97. The van der Waals surface area contributed by atoms with Gasteiger partial charge in [-0.2, -0.15) is 0 Å². The van der Waals surface area contributed by atoms with Gasteiger partial charge in [-0.15, -0.1) is 0 Å². The van der Waals surface area contributed by atoms with Crippen molar-refractivity contribution in [3.8, 4) is 5.75 Å². The first-order valence-corrected chi connectivity index (χ1v) is 5.32. The molecule has 1 heteroatoms. The molecule has 1 aromatic rings. The van der Waals surface area contributed by atoms with Crippen molar-refractivity contribution in [3.05, 3.63) is 29.3 Å². The predicted molar refractivity (Wildman–Crippen MR) is 60.7 cm³/mol. The second-order valence-electron chi connectivity index (χ2n) is 4.64. The van der Waals surface area contributed by atoms with E-state index in [0.717, 1.165) is 12.0 Å². The number of rotatable bonds is 3. The van der Waals surface area contributed by atoms with Crippen LogP contribution in [0.15, 0.2) is 18.2 Å². The number of phenolic OH excluding ortho intramolecular Hbond substituents is 1. The molecule has 0 bridgehead atoms. The van der Waals surface area contributed by atoms with E-state index >= 15 is 0 Å². The molecule has 0 atom stereocenters. The van der Waals surface area contributed by atoms with Crippen molar-refractivity contribution >= 4 is 0 Å². The van der Waals surface area contributed by atoms with E-state index in [9.17, 15) is 5.11 Å². The van der Waals surface area contributed by atoms with Crippen LogP contribution in [-0.2, 0) is 6.42 Å². The highest BCUT2D eigenvalue weighted by Gasteiger charge is 2.06. The Labute approximate surface area is 86.8 Å². The summed E-state index contributed by atoms with van der Waals surface area (Å²) in [7, 11) is 0. The van der Waals surface area contributed by atoms with Gasteiger partial charge in [0.15, 0.2) is 0 Å². The zero-order valence-corrected chi connectivity index (χ0v) is 9.54. The standard InChI is InChI=1S/C13H20O/c1-9(2)7-12-8-11(10(3)4)5-6-13(12)14/h5-6,8-10,14H,7H2,1-4H3. The molecular formula is C13H20O. The molecule has 78 valence electrons. The second-order valence-corrected chi connectivity index (χ2v) is 4.64. The van der Waals surface area contributed by atoms with Crippen molar-refractivity contribution in [1.29, 1.82) is 0 Å². The smallest absolute Gasteiger partial charge is 0.118 e. The van der Waals surface area contributed by atoms with Crippen molar-refractivity contribution < 1.29 is 5.11 Å². The lowest BCUT2D eigenvalue weighted by atomic mass is 9.96. The highest BCUT2D eigenvalue weighted by atomic mass is 16.3. The van der Waals surface area contributed by atoms with Gasteiger partial charge in [0, 0.05) is 0 Å². The van der Waals surface area contributed by atoms with E-state index in [1.165, 1.54) is 5.56 Å². The molecule has 0 saturated heterocycles. The van der Waals surface area contributed by atoms with Gasteiger partial charge in [-0.05, 0) is 35.4 Å². The van der Waals surface area contributed by atoms with Gasteiger partial charge in [-0.1, -0.05) is 39.8 Å². The van der Waals surface area contributed by atoms with Gasteiger partial charge < -0.3 is 5.11 Å². The van der Waals surface area contributed by atoms with Crippen LogP contribution in [0.1, 0.15) is 44.7 Å². The Balaban J connectivity index is 2.96. The lowest BCUT2D eigenvalue weighted by Gasteiger charge is -2.11. The molecule has 0 aliphatic carbocycles. The van der Waals surface area contributed by atoms with Crippen LogP contribution in [0.2, 0.25) is 0 Å². The lowest BCUT2D eigenvalue weighted by molar-refractivity contribution is 0.462. The van der Waals surface area contributed by atoms with E-state index in [1.807, 2.05) is 12.1 Å². The molecule has 0 aliphatic rings. The molecule has 0 aromatic heterocycles. The van der Waals surface area contributed by atoms with Crippen LogP contribution >= 0.6 is 0 Å². The van der Waals surface area contributed by atoms with Gasteiger partial charge in [-0.25, -0.2) is 0 Å². The summed E-state index contributed by atoms with van der Waals surface area (Å²) in [4.78, 5) is 0. The number of phenols is 1. The SMILES string of the molecule is CC(C)Cc1cc(C(C)C)ccc1O. The van der Waals surface area contributed by atoms with Crippen LogP contribution in [0.4, 0.5) is 0 Å². The molecule has 0 radical (unpaired) electrons. The van der Waals surface area contributed by atoms with Crippen molar-refractivity contribution in [2.45, 2.75) is 40.0 Å². The van der Waals surface area contributed by atoms with Crippen LogP contribution in [0.25, 0.3) is 0 Å². The Kier molecular flexibility index (Phi) is 3.56. The molecule has 0 amide bonds. The minimum Gasteiger partial charge on any atom is -0.508 e. The number of hydrogen-bond donors (Lipinski definition) is 1. The Morgan fingerprint density at radius 1 is 1.14 bits per heavy atom. The summed E-state index contributed by atoms with van der Waals surface area (Å²) >= 11 is 0. The first-order chi connectivity index (χ1) is 6.50. The van der Waals surface area contributed by atoms with Crippen molar-refractivity contribution in [2.75, 3.05) is 0 Å². The third-order valence-electron chi connectivity index (χ3n) is 2.40. The number of aromatic hydroxyl groups is 1. The van der Waals surface area contributed by atoms with Gasteiger partial charge in [0.2, 0.25) is 0 Å². The van der Waals surface area contributed by atoms with Crippen molar-refractivity contribution in [2.24, 2.45) is 5.92 Å². The van der Waals surface area contributed by atoms with Gasteiger partial charge in [0.05, 0.1) is 0 Å². The van der Waals surface area contributed by atoms with Crippen LogP contribution in [0, 0.1) is 5.92 Å². The molecule has 0 heterocycles. The molecular weight excluding hydrogens is 172 g/mol. The van der Waals surface area contributed by atoms with E-state index in [1.54, 1.807) is 0 Å². The maximum absolute atomic E-state index is 9.67. The molecule has 1 nitrogen and oxygen atoms in total. The van der Waals surface area contributed by atoms with Crippen LogP contribution in [0.5, 0.6) is 5.75 Å². The highest BCUT2D eigenvalue weighted by molar-refractivity contribution is 5.37. The average Bonchev–Trinajstić information content (AvgIpc) is 2.07. The normalized spacial score (nSPS) is 11.3. The Morgan fingerprint density at radius 3 is 2.29 bits per heavy atom. The first-order valence-electron chi connectivity index (χ1n) is 5.32. The third-order valence-corrected chi connectivity index (χ3v) is 2.40. The minimum atomic E-state index is 0.433. The van der Waals surface area contributed by atoms with E-state index in [0.29, 0.717) is 17.6 Å². The fourth-order valence-electron chi connectivity index (χ4n) is 1.57. The predicted octanol–water partition coefficient (Wildman–Crippen LogP) is 3.71.